The molecule has 0 spiro atoms. The summed E-state index contributed by atoms with van der Waals surface area (Å²) in [5.74, 6) is 0.688. The van der Waals surface area contributed by atoms with Crippen LogP contribution in [0.3, 0.4) is 0 Å². The van der Waals surface area contributed by atoms with Gasteiger partial charge in [0, 0.05) is 25.2 Å². The minimum absolute atomic E-state index is 0.387. The van der Waals surface area contributed by atoms with Gasteiger partial charge in [0.05, 0.1) is 12.7 Å². The maximum absolute atomic E-state index is 5.99. The SMILES string of the molecule is NCC1CCCC1NCC1CN2CCCC2CO1. The third-order valence-corrected chi connectivity index (χ3v) is 5.03. The number of fused-ring (bicyclic) bond motifs is 1. The fraction of sp³-hybridized carbons (Fsp3) is 1.00. The van der Waals surface area contributed by atoms with E-state index in [1.807, 2.05) is 0 Å². The highest BCUT2D eigenvalue weighted by Gasteiger charge is 2.33. The first-order valence-electron chi connectivity index (χ1n) is 7.66. The first kappa shape index (κ1) is 12.9. The summed E-state index contributed by atoms with van der Waals surface area (Å²) >= 11 is 0. The van der Waals surface area contributed by atoms with Gasteiger partial charge in [-0.1, -0.05) is 6.42 Å². The number of ether oxygens (including phenoxy) is 1. The molecule has 4 atom stereocenters. The molecular weight excluding hydrogens is 226 g/mol. The Hall–Kier alpha value is -0.160. The molecule has 3 aliphatic rings. The summed E-state index contributed by atoms with van der Waals surface area (Å²) in [6.07, 6.45) is 7.00. The highest BCUT2D eigenvalue weighted by Crippen LogP contribution is 2.25. The number of nitrogens with two attached hydrogens (primary N) is 1. The number of morpholine rings is 1. The maximum atomic E-state index is 5.99. The Morgan fingerprint density at radius 1 is 1.22 bits per heavy atom. The third-order valence-electron chi connectivity index (χ3n) is 5.03. The molecule has 3 rings (SSSR count). The minimum atomic E-state index is 0.387. The molecule has 0 radical (unpaired) electrons. The van der Waals surface area contributed by atoms with E-state index in [1.54, 1.807) is 0 Å². The maximum Gasteiger partial charge on any atom is 0.0827 e. The molecule has 0 bridgehead atoms. The van der Waals surface area contributed by atoms with Crippen LogP contribution in [0.1, 0.15) is 32.1 Å². The summed E-state index contributed by atoms with van der Waals surface area (Å²) in [6.45, 7) is 5.18. The van der Waals surface area contributed by atoms with Gasteiger partial charge >= 0.3 is 0 Å². The fourth-order valence-electron chi connectivity index (χ4n) is 3.88. The van der Waals surface area contributed by atoms with E-state index in [0.29, 0.717) is 24.1 Å². The van der Waals surface area contributed by atoms with Gasteiger partial charge in [0.1, 0.15) is 0 Å². The predicted molar refractivity (Wildman–Crippen MR) is 72.5 cm³/mol. The first-order chi connectivity index (χ1) is 8.86. The second kappa shape index (κ2) is 5.87. The van der Waals surface area contributed by atoms with Crippen LogP contribution in [-0.2, 0) is 4.74 Å². The summed E-state index contributed by atoms with van der Waals surface area (Å²) in [6, 6.07) is 1.35. The Morgan fingerprint density at radius 3 is 3.06 bits per heavy atom. The molecule has 2 saturated heterocycles. The lowest BCUT2D eigenvalue weighted by molar-refractivity contribution is -0.0481. The summed E-state index contributed by atoms with van der Waals surface area (Å²) in [7, 11) is 0. The molecule has 3 N–H and O–H groups in total. The molecular formula is C14H27N3O. The quantitative estimate of drug-likeness (QED) is 0.769. The van der Waals surface area contributed by atoms with Crippen molar-refractivity contribution in [2.45, 2.75) is 50.3 Å². The molecule has 3 fully saturated rings. The van der Waals surface area contributed by atoms with Gasteiger partial charge in [-0.15, -0.1) is 0 Å². The van der Waals surface area contributed by atoms with Gasteiger partial charge in [-0.3, -0.25) is 4.90 Å². The van der Waals surface area contributed by atoms with Crippen molar-refractivity contribution in [2.75, 3.05) is 32.8 Å². The molecule has 0 aromatic rings. The Kier molecular flexibility index (Phi) is 4.19. The fourth-order valence-corrected chi connectivity index (χ4v) is 3.88. The smallest absolute Gasteiger partial charge is 0.0827 e. The lowest BCUT2D eigenvalue weighted by Crippen LogP contribution is -2.51. The van der Waals surface area contributed by atoms with Crippen LogP contribution >= 0.6 is 0 Å². The zero-order valence-corrected chi connectivity index (χ0v) is 11.3. The summed E-state index contributed by atoms with van der Waals surface area (Å²) in [4.78, 5) is 2.62. The van der Waals surface area contributed by atoms with Gasteiger partial charge in [0.25, 0.3) is 0 Å². The van der Waals surface area contributed by atoms with Crippen molar-refractivity contribution in [1.29, 1.82) is 0 Å². The highest BCUT2D eigenvalue weighted by molar-refractivity contribution is 4.88. The second-order valence-electron chi connectivity index (χ2n) is 6.19. The lowest BCUT2D eigenvalue weighted by atomic mass is 10.0. The van der Waals surface area contributed by atoms with E-state index in [0.717, 1.165) is 26.2 Å². The largest absolute Gasteiger partial charge is 0.374 e. The van der Waals surface area contributed by atoms with Crippen molar-refractivity contribution in [3.63, 3.8) is 0 Å². The van der Waals surface area contributed by atoms with Gasteiger partial charge in [0.15, 0.2) is 0 Å². The predicted octanol–water partition coefficient (Wildman–Crippen LogP) is 0.567. The monoisotopic (exact) mass is 253 g/mol. The van der Waals surface area contributed by atoms with Crippen molar-refractivity contribution in [1.82, 2.24) is 10.2 Å². The van der Waals surface area contributed by atoms with E-state index in [-0.39, 0.29) is 0 Å². The van der Waals surface area contributed by atoms with E-state index >= 15 is 0 Å². The topological polar surface area (TPSA) is 50.5 Å². The summed E-state index contributed by atoms with van der Waals surface area (Å²) in [5.41, 5.74) is 5.82. The molecule has 4 nitrogen and oxygen atoms in total. The third kappa shape index (κ3) is 2.72. The second-order valence-corrected chi connectivity index (χ2v) is 6.19. The normalized spacial score (nSPS) is 41.2. The Morgan fingerprint density at radius 2 is 2.17 bits per heavy atom. The first-order valence-corrected chi connectivity index (χ1v) is 7.66. The Balaban J connectivity index is 1.43. The molecule has 18 heavy (non-hydrogen) atoms. The van der Waals surface area contributed by atoms with Crippen LogP contribution in [0.25, 0.3) is 0 Å². The van der Waals surface area contributed by atoms with Gasteiger partial charge in [-0.25, -0.2) is 0 Å². The molecule has 1 aliphatic carbocycles. The van der Waals surface area contributed by atoms with E-state index in [9.17, 15) is 0 Å². The molecule has 104 valence electrons. The van der Waals surface area contributed by atoms with Crippen LogP contribution in [0.2, 0.25) is 0 Å². The van der Waals surface area contributed by atoms with Crippen LogP contribution in [0.4, 0.5) is 0 Å². The van der Waals surface area contributed by atoms with Crippen molar-refractivity contribution in [3.8, 4) is 0 Å². The van der Waals surface area contributed by atoms with Crippen LogP contribution in [0.5, 0.6) is 0 Å². The average Bonchev–Trinajstić information content (AvgIpc) is 3.04. The number of rotatable bonds is 4. The van der Waals surface area contributed by atoms with Gasteiger partial charge in [-0.2, -0.15) is 0 Å². The molecule has 2 aliphatic heterocycles. The van der Waals surface area contributed by atoms with Crippen molar-refractivity contribution in [2.24, 2.45) is 11.7 Å². The molecule has 4 unspecified atom stereocenters. The molecule has 0 aromatic heterocycles. The zero-order chi connectivity index (χ0) is 12.4. The van der Waals surface area contributed by atoms with Crippen molar-refractivity contribution < 1.29 is 4.74 Å². The standard InChI is InChI=1S/C14H27N3O/c15-7-11-3-1-5-14(11)16-8-13-9-17-6-2-4-12(17)10-18-13/h11-14,16H,1-10,15H2. The Bertz CT molecular complexity index is 274. The highest BCUT2D eigenvalue weighted by atomic mass is 16.5. The van der Waals surface area contributed by atoms with Crippen LogP contribution < -0.4 is 11.1 Å². The number of nitrogens with one attached hydrogen (secondary N) is 1. The number of hydrogen-bond acceptors (Lipinski definition) is 4. The van der Waals surface area contributed by atoms with Crippen LogP contribution in [-0.4, -0.2) is 55.9 Å². The lowest BCUT2D eigenvalue weighted by Gasteiger charge is -2.36. The van der Waals surface area contributed by atoms with Crippen LogP contribution in [0, 0.1) is 5.92 Å². The summed E-state index contributed by atoms with van der Waals surface area (Å²) < 4.78 is 5.99. The van der Waals surface area contributed by atoms with Gasteiger partial charge in [0.2, 0.25) is 0 Å². The van der Waals surface area contributed by atoms with Gasteiger partial charge < -0.3 is 15.8 Å². The van der Waals surface area contributed by atoms with E-state index < -0.39 is 0 Å². The molecule has 2 heterocycles. The molecule has 0 amide bonds. The summed E-state index contributed by atoms with van der Waals surface area (Å²) in [5, 5.41) is 3.70. The Labute approximate surface area is 110 Å². The van der Waals surface area contributed by atoms with Gasteiger partial charge in [-0.05, 0) is 44.7 Å². The van der Waals surface area contributed by atoms with Crippen molar-refractivity contribution in [3.05, 3.63) is 0 Å². The van der Waals surface area contributed by atoms with E-state index in [2.05, 4.69) is 10.2 Å². The zero-order valence-electron chi connectivity index (χ0n) is 11.3. The van der Waals surface area contributed by atoms with E-state index in [1.165, 1.54) is 38.6 Å². The number of nitrogens with zero attached hydrogens (tertiary/aromatic N) is 1. The molecule has 1 saturated carbocycles. The number of hydrogen-bond donors (Lipinski definition) is 2. The molecule has 0 aromatic carbocycles. The minimum Gasteiger partial charge on any atom is -0.374 e. The molecule has 4 heteroatoms. The van der Waals surface area contributed by atoms with Crippen LogP contribution in [0.15, 0.2) is 0 Å². The van der Waals surface area contributed by atoms with Crippen molar-refractivity contribution >= 4 is 0 Å². The van der Waals surface area contributed by atoms with E-state index in [4.69, 9.17) is 10.5 Å². The average molecular weight is 253 g/mol.